The number of amides is 1. The lowest BCUT2D eigenvalue weighted by atomic mass is 9.90. The van der Waals surface area contributed by atoms with E-state index in [1.165, 1.54) is 12.5 Å². The van der Waals surface area contributed by atoms with Gasteiger partial charge in [-0.05, 0) is 53.4 Å². The standard InChI is InChI=1S/C39H44N2O6/c1-26-36(24-41(4)23-29-9-6-5-7-10-29)46-39(47-37(26)33-15-13-30(25-42)14-16-33)34-19-17-32(18-20-34)35-12-8-11-31(21-35)22-40-38(44)27(2)45-28(3)43/h5-21,26-27,36-37,39,42H,22-25H2,1-4H3,(H,40,44)/t26-,27-,36+,37+,39+/m0/s1. The van der Waals surface area contributed by atoms with Crippen LogP contribution in [0, 0.1) is 5.92 Å². The molecule has 47 heavy (non-hydrogen) atoms. The molecule has 246 valence electrons. The van der Waals surface area contributed by atoms with E-state index < -0.39 is 18.4 Å². The summed E-state index contributed by atoms with van der Waals surface area (Å²) in [5.74, 6) is -0.747. The highest BCUT2D eigenvalue weighted by Gasteiger charge is 2.38. The first-order valence-corrected chi connectivity index (χ1v) is 16.1. The SMILES string of the molecule is CC(=O)O[C@@H](C)C(=O)NCc1cccc(-c2ccc([C@@H]3O[C@H](CN(C)Cc4ccccc4)[C@H](C)[C@H](c4ccc(CO)cc4)O3)cc2)c1. The summed E-state index contributed by atoms with van der Waals surface area (Å²) in [7, 11) is 2.12. The van der Waals surface area contributed by atoms with Gasteiger partial charge in [-0.1, -0.05) is 104 Å². The number of carbonyl (C=O) groups excluding carboxylic acids is 2. The molecule has 0 unspecified atom stereocenters. The summed E-state index contributed by atoms with van der Waals surface area (Å²) >= 11 is 0. The lowest BCUT2D eigenvalue weighted by Crippen LogP contribution is -2.43. The molecule has 1 aliphatic rings. The molecule has 1 heterocycles. The van der Waals surface area contributed by atoms with Crippen LogP contribution in [0.1, 0.15) is 61.0 Å². The van der Waals surface area contributed by atoms with E-state index >= 15 is 0 Å². The van der Waals surface area contributed by atoms with E-state index in [4.69, 9.17) is 14.2 Å². The molecular weight excluding hydrogens is 592 g/mol. The lowest BCUT2D eigenvalue weighted by molar-refractivity contribution is -0.276. The van der Waals surface area contributed by atoms with Crippen LogP contribution in [-0.2, 0) is 43.5 Å². The molecule has 8 heteroatoms. The van der Waals surface area contributed by atoms with Gasteiger partial charge in [-0.2, -0.15) is 0 Å². The lowest BCUT2D eigenvalue weighted by Gasteiger charge is -2.42. The van der Waals surface area contributed by atoms with Gasteiger partial charge in [-0.25, -0.2) is 0 Å². The van der Waals surface area contributed by atoms with Crippen LogP contribution in [-0.4, -0.2) is 47.7 Å². The summed E-state index contributed by atoms with van der Waals surface area (Å²) in [4.78, 5) is 25.8. The van der Waals surface area contributed by atoms with Gasteiger partial charge < -0.3 is 24.6 Å². The molecule has 1 amide bonds. The fourth-order valence-corrected chi connectivity index (χ4v) is 5.92. The minimum absolute atomic E-state index is 0.000813. The van der Waals surface area contributed by atoms with Crippen molar-refractivity contribution in [3.8, 4) is 11.1 Å². The number of rotatable bonds is 12. The highest BCUT2D eigenvalue weighted by molar-refractivity contribution is 5.82. The Morgan fingerprint density at radius 1 is 0.851 bits per heavy atom. The number of carbonyl (C=O) groups is 2. The Labute approximate surface area is 277 Å². The average molecular weight is 637 g/mol. The van der Waals surface area contributed by atoms with Crippen molar-refractivity contribution >= 4 is 11.9 Å². The first-order chi connectivity index (χ1) is 22.7. The van der Waals surface area contributed by atoms with Gasteiger partial charge >= 0.3 is 5.97 Å². The Balaban J connectivity index is 1.31. The van der Waals surface area contributed by atoms with Gasteiger partial charge in [0.05, 0.1) is 18.8 Å². The third kappa shape index (κ3) is 9.14. The van der Waals surface area contributed by atoms with Crippen molar-refractivity contribution in [1.82, 2.24) is 10.2 Å². The summed E-state index contributed by atoms with van der Waals surface area (Å²) < 4.78 is 18.3. The van der Waals surface area contributed by atoms with Crippen molar-refractivity contribution in [2.24, 2.45) is 5.92 Å². The number of aliphatic hydroxyl groups is 1. The smallest absolute Gasteiger partial charge is 0.303 e. The van der Waals surface area contributed by atoms with Gasteiger partial charge in [-0.3, -0.25) is 14.5 Å². The number of esters is 1. The first-order valence-electron chi connectivity index (χ1n) is 16.1. The van der Waals surface area contributed by atoms with Crippen LogP contribution >= 0.6 is 0 Å². The van der Waals surface area contributed by atoms with Gasteiger partial charge in [0, 0.05) is 38.0 Å². The molecular formula is C39H44N2O6. The van der Waals surface area contributed by atoms with E-state index in [1.54, 1.807) is 6.92 Å². The van der Waals surface area contributed by atoms with E-state index in [0.717, 1.165) is 46.5 Å². The number of benzene rings is 4. The van der Waals surface area contributed by atoms with Crippen molar-refractivity contribution in [3.63, 3.8) is 0 Å². The molecule has 8 nitrogen and oxygen atoms in total. The number of aliphatic hydroxyl groups excluding tert-OH is 1. The van der Waals surface area contributed by atoms with Crippen LogP contribution < -0.4 is 5.32 Å². The number of ether oxygens (including phenoxy) is 3. The van der Waals surface area contributed by atoms with Crippen LogP contribution in [0.2, 0.25) is 0 Å². The maximum atomic E-state index is 12.3. The van der Waals surface area contributed by atoms with E-state index in [-0.39, 0.29) is 30.6 Å². The quantitative estimate of drug-likeness (QED) is 0.175. The molecule has 2 N–H and O–H groups in total. The summed E-state index contributed by atoms with van der Waals surface area (Å²) in [5.41, 5.74) is 7.06. The molecule has 0 bridgehead atoms. The zero-order valence-corrected chi connectivity index (χ0v) is 27.5. The van der Waals surface area contributed by atoms with Gasteiger partial charge in [0.15, 0.2) is 12.4 Å². The van der Waals surface area contributed by atoms with Crippen LogP contribution in [0.4, 0.5) is 0 Å². The Bertz CT molecular complexity index is 1610. The van der Waals surface area contributed by atoms with Crippen molar-refractivity contribution < 1.29 is 28.9 Å². The second-order valence-corrected chi connectivity index (χ2v) is 12.3. The number of nitrogens with zero attached hydrogens (tertiary/aromatic N) is 1. The van der Waals surface area contributed by atoms with Gasteiger partial charge in [0.2, 0.25) is 0 Å². The predicted molar refractivity (Wildman–Crippen MR) is 181 cm³/mol. The monoisotopic (exact) mass is 636 g/mol. The summed E-state index contributed by atoms with van der Waals surface area (Å²) in [5, 5.41) is 12.4. The highest BCUT2D eigenvalue weighted by atomic mass is 16.7. The Morgan fingerprint density at radius 3 is 2.21 bits per heavy atom. The van der Waals surface area contributed by atoms with Gasteiger partial charge in [0.25, 0.3) is 5.91 Å². The summed E-state index contributed by atoms with van der Waals surface area (Å²) in [6, 6.07) is 34.6. The molecule has 5 atom stereocenters. The molecule has 1 fully saturated rings. The van der Waals surface area contributed by atoms with E-state index in [1.807, 2.05) is 66.7 Å². The third-order valence-electron chi connectivity index (χ3n) is 8.53. The van der Waals surface area contributed by atoms with Gasteiger partial charge in [0.1, 0.15) is 0 Å². The van der Waals surface area contributed by atoms with E-state index in [0.29, 0.717) is 6.54 Å². The second kappa shape index (κ2) is 16.0. The maximum Gasteiger partial charge on any atom is 0.303 e. The topological polar surface area (TPSA) is 97.3 Å². The number of hydrogen-bond donors (Lipinski definition) is 2. The van der Waals surface area contributed by atoms with Crippen molar-refractivity contribution in [3.05, 3.63) is 131 Å². The molecule has 4 aromatic carbocycles. The minimum atomic E-state index is -0.848. The molecule has 5 rings (SSSR count). The molecule has 0 saturated carbocycles. The van der Waals surface area contributed by atoms with Crippen molar-refractivity contribution in [2.75, 3.05) is 13.6 Å². The van der Waals surface area contributed by atoms with Crippen molar-refractivity contribution in [1.29, 1.82) is 0 Å². The molecule has 0 aromatic heterocycles. The maximum absolute atomic E-state index is 12.3. The zero-order valence-electron chi connectivity index (χ0n) is 27.5. The van der Waals surface area contributed by atoms with Crippen molar-refractivity contribution in [2.45, 2.75) is 65.1 Å². The fourth-order valence-electron chi connectivity index (χ4n) is 5.92. The highest BCUT2D eigenvalue weighted by Crippen LogP contribution is 2.42. The molecule has 0 aliphatic carbocycles. The number of likely N-dealkylation sites (N-methyl/N-ethyl adjacent to an activating group) is 1. The zero-order chi connectivity index (χ0) is 33.3. The van der Waals surface area contributed by atoms with E-state index in [2.05, 4.69) is 60.6 Å². The normalized spacial score (nSPS) is 20.0. The average Bonchev–Trinajstić information content (AvgIpc) is 3.08. The van der Waals surface area contributed by atoms with Crippen LogP contribution in [0.3, 0.4) is 0 Å². The summed E-state index contributed by atoms with van der Waals surface area (Å²) in [6.45, 7) is 6.89. The van der Waals surface area contributed by atoms with Crippen LogP contribution in [0.15, 0.2) is 103 Å². The molecule has 0 radical (unpaired) electrons. The summed E-state index contributed by atoms with van der Waals surface area (Å²) in [6.07, 6.45) is -1.68. The Hall–Kier alpha value is -4.34. The molecule has 4 aromatic rings. The van der Waals surface area contributed by atoms with Crippen LogP contribution in [0.5, 0.6) is 0 Å². The van der Waals surface area contributed by atoms with E-state index in [9.17, 15) is 14.7 Å². The molecule has 1 saturated heterocycles. The fraction of sp³-hybridized carbons (Fsp3) is 0.333. The second-order valence-electron chi connectivity index (χ2n) is 12.3. The Kier molecular flexibility index (Phi) is 11.6. The largest absolute Gasteiger partial charge is 0.453 e. The van der Waals surface area contributed by atoms with Gasteiger partial charge in [-0.15, -0.1) is 0 Å². The number of nitrogens with one attached hydrogen (secondary N) is 1. The molecule has 1 aliphatic heterocycles. The third-order valence-corrected chi connectivity index (χ3v) is 8.53. The first kappa shape index (κ1) is 34.0. The predicted octanol–water partition coefficient (Wildman–Crippen LogP) is 6.34. The minimum Gasteiger partial charge on any atom is -0.453 e. The molecule has 0 spiro atoms. The Morgan fingerprint density at radius 2 is 1.53 bits per heavy atom. The number of hydrogen-bond acceptors (Lipinski definition) is 7. The van der Waals surface area contributed by atoms with Crippen LogP contribution in [0.25, 0.3) is 11.1 Å².